The van der Waals surface area contributed by atoms with Crippen LogP contribution in [0.4, 0.5) is 18.9 Å². The summed E-state index contributed by atoms with van der Waals surface area (Å²) in [5.74, 6) is -2.66. The van der Waals surface area contributed by atoms with Gasteiger partial charge in [0.2, 0.25) is 0 Å². The molecule has 34 heavy (non-hydrogen) atoms. The van der Waals surface area contributed by atoms with Crippen molar-refractivity contribution in [2.45, 2.75) is 57.3 Å². The van der Waals surface area contributed by atoms with E-state index in [9.17, 15) is 13.6 Å². The van der Waals surface area contributed by atoms with E-state index in [2.05, 4.69) is 0 Å². The SMILES string of the molecule is CCOC(=O)C1CC1c1ccc2c(c1F)CCN(c1cc(OC3CC(OC)C3)cc(F)c1F)C2. The van der Waals surface area contributed by atoms with Crippen molar-refractivity contribution in [3.63, 3.8) is 0 Å². The summed E-state index contributed by atoms with van der Waals surface area (Å²) in [6, 6.07) is 6.12. The molecule has 2 saturated carbocycles. The monoisotopic (exact) mass is 475 g/mol. The molecule has 2 aliphatic carbocycles. The van der Waals surface area contributed by atoms with Gasteiger partial charge in [-0.15, -0.1) is 0 Å². The second-order valence-corrected chi connectivity index (χ2v) is 9.29. The van der Waals surface area contributed by atoms with Gasteiger partial charge in [-0.1, -0.05) is 12.1 Å². The summed E-state index contributed by atoms with van der Waals surface area (Å²) in [5.41, 5.74) is 1.95. The molecule has 5 nitrogen and oxygen atoms in total. The lowest BCUT2D eigenvalue weighted by Crippen LogP contribution is -2.39. The Morgan fingerprint density at radius 1 is 1.09 bits per heavy atom. The Labute approximate surface area is 196 Å². The van der Waals surface area contributed by atoms with Gasteiger partial charge in [0, 0.05) is 51.1 Å². The maximum Gasteiger partial charge on any atom is 0.309 e. The van der Waals surface area contributed by atoms with Gasteiger partial charge in [-0.25, -0.2) is 13.2 Å². The van der Waals surface area contributed by atoms with Crippen LogP contribution in [0.3, 0.4) is 0 Å². The van der Waals surface area contributed by atoms with Crippen molar-refractivity contribution < 1.29 is 32.2 Å². The summed E-state index contributed by atoms with van der Waals surface area (Å²) < 4.78 is 60.5. The highest BCUT2D eigenvalue weighted by molar-refractivity contribution is 5.77. The van der Waals surface area contributed by atoms with Crippen LogP contribution in [-0.2, 0) is 27.2 Å². The van der Waals surface area contributed by atoms with Gasteiger partial charge in [0.25, 0.3) is 0 Å². The fourth-order valence-electron chi connectivity index (χ4n) is 5.02. The zero-order valence-corrected chi connectivity index (χ0v) is 19.3. The summed E-state index contributed by atoms with van der Waals surface area (Å²) in [6.07, 6.45) is 2.41. The molecular weight excluding hydrogens is 447 g/mol. The number of hydrogen-bond donors (Lipinski definition) is 0. The molecule has 8 heteroatoms. The minimum absolute atomic E-state index is 0.0851. The highest BCUT2D eigenvalue weighted by atomic mass is 19.2. The third kappa shape index (κ3) is 4.24. The summed E-state index contributed by atoms with van der Waals surface area (Å²) >= 11 is 0. The second kappa shape index (κ2) is 9.13. The molecule has 182 valence electrons. The van der Waals surface area contributed by atoms with Crippen molar-refractivity contribution in [3.8, 4) is 5.75 Å². The van der Waals surface area contributed by atoms with Crippen LogP contribution in [0.25, 0.3) is 0 Å². The number of halogens is 3. The molecule has 0 spiro atoms. The molecule has 2 aromatic rings. The van der Waals surface area contributed by atoms with E-state index in [1.54, 1.807) is 25.0 Å². The van der Waals surface area contributed by atoms with Gasteiger partial charge in [-0.3, -0.25) is 4.79 Å². The molecule has 1 heterocycles. The number of carbonyl (C=O) groups is 1. The van der Waals surface area contributed by atoms with Crippen LogP contribution in [0.1, 0.15) is 48.8 Å². The molecule has 0 amide bonds. The Morgan fingerprint density at radius 3 is 2.62 bits per heavy atom. The number of methoxy groups -OCH3 is 1. The fraction of sp³-hybridized carbons (Fsp3) is 0.500. The normalized spacial score (nSPS) is 25.4. The Morgan fingerprint density at radius 2 is 1.88 bits per heavy atom. The van der Waals surface area contributed by atoms with E-state index < -0.39 is 11.6 Å². The Hall–Kier alpha value is -2.74. The average Bonchev–Trinajstić information content (AvgIpc) is 3.59. The van der Waals surface area contributed by atoms with Gasteiger partial charge < -0.3 is 19.1 Å². The quantitative estimate of drug-likeness (QED) is 0.534. The van der Waals surface area contributed by atoms with Crippen molar-refractivity contribution in [2.75, 3.05) is 25.2 Å². The van der Waals surface area contributed by atoms with Crippen molar-refractivity contribution in [1.29, 1.82) is 0 Å². The maximum absolute atomic E-state index is 15.3. The largest absolute Gasteiger partial charge is 0.490 e. The standard InChI is InChI=1S/C26H28F3NO4/c1-3-33-26(31)21-12-20(21)19-5-4-14-13-30(7-6-18(14)24(19)28)23-11-17(10-22(27)25(23)29)34-16-8-15(9-16)32-2/h4-5,10-11,15-16,20-21H,3,6-9,12-13H2,1-2H3. The number of esters is 1. The van der Waals surface area contributed by atoms with E-state index in [-0.39, 0.29) is 53.8 Å². The second-order valence-electron chi connectivity index (χ2n) is 9.29. The third-order valence-electron chi connectivity index (χ3n) is 7.15. The molecule has 3 aliphatic rings. The van der Waals surface area contributed by atoms with Crippen LogP contribution in [0.5, 0.6) is 5.75 Å². The van der Waals surface area contributed by atoms with Gasteiger partial charge in [-0.2, -0.15) is 0 Å². The van der Waals surface area contributed by atoms with Crippen LogP contribution in [0.2, 0.25) is 0 Å². The molecule has 0 aromatic heterocycles. The predicted octanol–water partition coefficient (Wildman–Crippen LogP) is 4.89. The lowest BCUT2D eigenvalue weighted by molar-refractivity contribution is -0.144. The maximum atomic E-state index is 15.3. The average molecular weight is 476 g/mol. The van der Waals surface area contributed by atoms with Gasteiger partial charge in [0.1, 0.15) is 17.7 Å². The van der Waals surface area contributed by atoms with Crippen molar-refractivity contribution in [3.05, 3.63) is 58.4 Å². The van der Waals surface area contributed by atoms with Crippen molar-refractivity contribution in [1.82, 2.24) is 0 Å². The summed E-state index contributed by atoms with van der Waals surface area (Å²) in [6.45, 7) is 2.66. The van der Waals surface area contributed by atoms with Gasteiger partial charge in [0.15, 0.2) is 11.6 Å². The molecule has 2 atom stereocenters. The predicted molar refractivity (Wildman–Crippen MR) is 119 cm³/mol. The highest BCUT2D eigenvalue weighted by Crippen LogP contribution is 2.50. The topological polar surface area (TPSA) is 48.0 Å². The number of anilines is 1. The molecular formula is C26H28F3NO4. The van der Waals surface area contributed by atoms with Crippen molar-refractivity contribution >= 4 is 11.7 Å². The van der Waals surface area contributed by atoms with E-state index in [4.69, 9.17) is 14.2 Å². The molecule has 0 radical (unpaired) electrons. The molecule has 0 bridgehead atoms. The number of hydrogen-bond acceptors (Lipinski definition) is 5. The molecule has 2 aromatic carbocycles. The fourth-order valence-corrected chi connectivity index (χ4v) is 5.02. The summed E-state index contributed by atoms with van der Waals surface area (Å²) in [7, 11) is 1.64. The molecule has 2 fully saturated rings. The molecule has 0 saturated heterocycles. The van der Waals surface area contributed by atoms with E-state index in [1.165, 1.54) is 6.07 Å². The molecule has 2 unspecified atom stereocenters. The van der Waals surface area contributed by atoms with Crippen LogP contribution in [0, 0.1) is 23.4 Å². The number of ether oxygens (including phenoxy) is 3. The first kappa shape index (κ1) is 23.0. The van der Waals surface area contributed by atoms with E-state index in [1.807, 2.05) is 6.07 Å². The lowest BCUT2D eigenvalue weighted by Gasteiger charge is -2.35. The van der Waals surface area contributed by atoms with Crippen LogP contribution in [0.15, 0.2) is 24.3 Å². The summed E-state index contributed by atoms with van der Waals surface area (Å²) in [4.78, 5) is 13.7. The molecule has 0 N–H and O–H groups in total. The Bertz CT molecular complexity index is 1100. The number of benzene rings is 2. The highest BCUT2D eigenvalue weighted by Gasteiger charge is 2.47. The number of fused-ring (bicyclic) bond motifs is 1. The lowest BCUT2D eigenvalue weighted by atomic mass is 9.92. The molecule has 1 aliphatic heterocycles. The van der Waals surface area contributed by atoms with E-state index in [0.29, 0.717) is 50.0 Å². The minimum atomic E-state index is -0.971. The first-order chi connectivity index (χ1) is 16.4. The first-order valence-electron chi connectivity index (χ1n) is 11.8. The zero-order valence-electron chi connectivity index (χ0n) is 19.3. The zero-order chi connectivity index (χ0) is 24.0. The van der Waals surface area contributed by atoms with Gasteiger partial charge in [-0.05, 0) is 36.5 Å². The van der Waals surface area contributed by atoms with Crippen LogP contribution >= 0.6 is 0 Å². The Balaban J connectivity index is 1.32. The minimum Gasteiger partial charge on any atom is -0.490 e. The number of nitrogens with zero attached hydrogens (tertiary/aromatic N) is 1. The Kier molecular flexibility index (Phi) is 6.18. The van der Waals surface area contributed by atoms with Crippen LogP contribution in [-0.4, -0.2) is 38.4 Å². The van der Waals surface area contributed by atoms with Crippen molar-refractivity contribution in [2.24, 2.45) is 5.92 Å². The van der Waals surface area contributed by atoms with Gasteiger partial charge >= 0.3 is 5.97 Å². The summed E-state index contributed by atoms with van der Waals surface area (Å²) in [5, 5.41) is 0. The van der Waals surface area contributed by atoms with E-state index in [0.717, 1.165) is 11.6 Å². The van der Waals surface area contributed by atoms with E-state index >= 15 is 4.39 Å². The molecule has 5 rings (SSSR count). The third-order valence-corrected chi connectivity index (χ3v) is 7.15. The number of rotatable bonds is 7. The van der Waals surface area contributed by atoms with Gasteiger partial charge in [0.05, 0.1) is 24.3 Å². The first-order valence-corrected chi connectivity index (χ1v) is 11.8. The van der Waals surface area contributed by atoms with Crippen LogP contribution < -0.4 is 9.64 Å². The smallest absolute Gasteiger partial charge is 0.309 e. The number of carbonyl (C=O) groups excluding carboxylic acids is 1.